The number of nitrogens with one attached hydrogen (secondary N) is 1. The standard InChI is InChI=1S/C17H22F2N4O2S/c1-12(7-8-20)9-13(2)10-23-16(17(18)19)11-22-14-3-5-15(6-4-14)26(21,24)25/h3-11,13,17,22H,20H2,1-2H3,(H2,21,24,25)/b8-7-,12-9-,16-11-,23-10?. The van der Waals surface area contributed by atoms with E-state index in [1.807, 2.05) is 13.0 Å². The molecule has 0 radical (unpaired) electrons. The maximum Gasteiger partial charge on any atom is 0.281 e. The van der Waals surface area contributed by atoms with E-state index in [1.54, 1.807) is 13.0 Å². The summed E-state index contributed by atoms with van der Waals surface area (Å²) in [6.45, 7) is 3.64. The first-order chi connectivity index (χ1) is 12.1. The molecule has 0 saturated carbocycles. The zero-order valence-corrected chi connectivity index (χ0v) is 15.2. The molecule has 1 atom stereocenters. The third-order valence-corrected chi connectivity index (χ3v) is 4.07. The molecule has 0 spiro atoms. The van der Waals surface area contributed by atoms with Gasteiger partial charge < -0.3 is 11.1 Å². The molecule has 1 aromatic carbocycles. The number of halogens is 2. The van der Waals surface area contributed by atoms with Gasteiger partial charge in [0.1, 0.15) is 5.70 Å². The van der Waals surface area contributed by atoms with E-state index in [0.29, 0.717) is 5.69 Å². The number of aliphatic imine (C=N–C) groups is 1. The van der Waals surface area contributed by atoms with Crippen LogP contribution in [0.3, 0.4) is 0 Å². The van der Waals surface area contributed by atoms with Crippen molar-refractivity contribution in [3.63, 3.8) is 0 Å². The molecule has 1 rings (SSSR count). The number of allylic oxidation sites excluding steroid dienone is 4. The predicted octanol–water partition coefficient (Wildman–Crippen LogP) is 2.98. The van der Waals surface area contributed by atoms with E-state index in [1.165, 1.54) is 36.7 Å². The Morgan fingerprint density at radius 3 is 2.38 bits per heavy atom. The largest absolute Gasteiger partial charge is 0.405 e. The second-order valence-electron chi connectivity index (χ2n) is 5.49. The average Bonchev–Trinajstić information content (AvgIpc) is 2.54. The smallest absolute Gasteiger partial charge is 0.281 e. The summed E-state index contributed by atoms with van der Waals surface area (Å²) in [5.41, 5.74) is 6.14. The number of nitrogens with two attached hydrogens (primary N) is 2. The summed E-state index contributed by atoms with van der Waals surface area (Å²) in [5, 5.41) is 7.65. The van der Waals surface area contributed by atoms with Crippen LogP contribution in [0.5, 0.6) is 0 Å². The highest BCUT2D eigenvalue weighted by atomic mass is 32.2. The van der Waals surface area contributed by atoms with Gasteiger partial charge in [-0.15, -0.1) is 0 Å². The van der Waals surface area contributed by atoms with Crippen LogP contribution >= 0.6 is 0 Å². The molecule has 6 nitrogen and oxygen atoms in total. The van der Waals surface area contributed by atoms with Gasteiger partial charge in [-0.3, -0.25) is 4.99 Å². The fourth-order valence-electron chi connectivity index (χ4n) is 1.92. The highest BCUT2D eigenvalue weighted by molar-refractivity contribution is 7.89. The summed E-state index contributed by atoms with van der Waals surface area (Å²) in [6.07, 6.45) is 4.61. The number of benzene rings is 1. The van der Waals surface area contributed by atoms with Crippen LogP contribution in [0.1, 0.15) is 13.8 Å². The molecule has 0 aliphatic heterocycles. The van der Waals surface area contributed by atoms with Crippen molar-refractivity contribution in [3.05, 3.63) is 60.1 Å². The third-order valence-electron chi connectivity index (χ3n) is 3.14. The molecule has 1 unspecified atom stereocenters. The van der Waals surface area contributed by atoms with E-state index in [-0.39, 0.29) is 10.8 Å². The van der Waals surface area contributed by atoms with Crippen LogP contribution < -0.4 is 16.2 Å². The minimum absolute atomic E-state index is 0.0679. The Morgan fingerprint density at radius 1 is 1.27 bits per heavy atom. The Labute approximate surface area is 152 Å². The first-order valence-electron chi connectivity index (χ1n) is 7.62. The number of sulfonamides is 1. The Bertz CT molecular complexity index is 814. The van der Waals surface area contributed by atoms with Gasteiger partial charge in [-0.1, -0.05) is 18.6 Å². The first-order valence-corrected chi connectivity index (χ1v) is 9.16. The molecule has 0 heterocycles. The quantitative estimate of drug-likeness (QED) is 0.473. The van der Waals surface area contributed by atoms with Crippen molar-refractivity contribution in [1.29, 1.82) is 0 Å². The SMILES string of the molecule is CC(/C=C\N)=C/C(C)C=N/C(=C\Nc1ccc(S(N)(=O)=O)cc1)C(F)F. The van der Waals surface area contributed by atoms with Gasteiger partial charge in [-0.2, -0.15) is 0 Å². The van der Waals surface area contributed by atoms with Gasteiger partial charge in [-0.25, -0.2) is 22.3 Å². The number of rotatable bonds is 8. The highest BCUT2D eigenvalue weighted by Crippen LogP contribution is 2.15. The van der Waals surface area contributed by atoms with E-state index in [9.17, 15) is 17.2 Å². The molecule has 0 aliphatic carbocycles. The molecule has 0 bridgehead atoms. The van der Waals surface area contributed by atoms with Crippen molar-refractivity contribution in [2.75, 3.05) is 5.32 Å². The summed E-state index contributed by atoms with van der Waals surface area (Å²) in [6, 6.07) is 5.38. The first kappa shape index (κ1) is 21.5. The molecule has 0 fully saturated rings. The number of anilines is 1. The summed E-state index contributed by atoms with van der Waals surface area (Å²) >= 11 is 0. The Morgan fingerprint density at radius 2 is 1.88 bits per heavy atom. The van der Waals surface area contributed by atoms with Gasteiger partial charge in [0, 0.05) is 24.0 Å². The molecule has 0 aromatic heterocycles. The van der Waals surface area contributed by atoms with Crippen molar-refractivity contribution in [3.8, 4) is 0 Å². The number of hydrogen-bond donors (Lipinski definition) is 3. The maximum atomic E-state index is 13.1. The molecule has 142 valence electrons. The lowest BCUT2D eigenvalue weighted by molar-refractivity contribution is 0.188. The van der Waals surface area contributed by atoms with E-state index < -0.39 is 22.1 Å². The van der Waals surface area contributed by atoms with E-state index >= 15 is 0 Å². The minimum Gasteiger partial charge on any atom is -0.405 e. The molecule has 0 amide bonds. The molecular formula is C17H22F2N4O2S. The lowest BCUT2D eigenvalue weighted by atomic mass is 10.1. The van der Waals surface area contributed by atoms with Crippen LogP contribution in [-0.4, -0.2) is 21.1 Å². The van der Waals surface area contributed by atoms with Crippen LogP contribution in [0.4, 0.5) is 14.5 Å². The van der Waals surface area contributed by atoms with Crippen LogP contribution in [0.2, 0.25) is 0 Å². The van der Waals surface area contributed by atoms with Gasteiger partial charge in [-0.05, 0) is 43.5 Å². The maximum absolute atomic E-state index is 13.1. The zero-order valence-electron chi connectivity index (χ0n) is 14.4. The van der Waals surface area contributed by atoms with Crippen molar-refractivity contribution < 1.29 is 17.2 Å². The van der Waals surface area contributed by atoms with Crippen LogP contribution in [0.25, 0.3) is 0 Å². The fraction of sp³-hybridized carbons (Fsp3) is 0.235. The lowest BCUT2D eigenvalue weighted by Gasteiger charge is -2.06. The summed E-state index contributed by atoms with van der Waals surface area (Å²) in [5.74, 6) is -0.164. The average molecular weight is 384 g/mol. The molecule has 5 N–H and O–H groups in total. The fourth-order valence-corrected chi connectivity index (χ4v) is 2.44. The van der Waals surface area contributed by atoms with Gasteiger partial charge >= 0.3 is 0 Å². The predicted molar refractivity (Wildman–Crippen MR) is 100 cm³/mol. The monoisotopic (exact) mass is 384 g/mol. The summed E-state index contributed by atoms with van der Waals surface area (Å²) in [7, 11) is -3.80. The van der Waals surface area contributed by atoms with Crippen molar-refractivity contribution >= 4 is 21.9 Å². The van der Waals surface area contributed by atoms with E-state index in [4.69, 9.17) is 10.9 Å². The Kier molecular flexibility index (Phi) is 8.14. The van der Waals surface area contributed by atoms with Gasteiger partial charge in [0.05, 0.1) is 4.90 Å². The number of alkyl halides is 2. The Balaban J connectivity index is 2.87. The minimum atomic E-state index is -3.80. The van der Waals surface area contributed by atoms with Crippen LogP contribution in [-0.2, 0) is 10.0 Å². The van der Waals surface area contributed by atoms with Crippen molar-refractivity contribution in [1.82, 2.24) is 0 Å². The van der Waals surface area contributed by atoms with Crippen LogP contribution in [0.15, 0.2) is 70.0 Å². The molecule has 0 saturated heterocycles. The molecule has 9 heteroatoms. The number of nitrogens with zero attached hydrogens (tertiary/aromatic N) is 1. The summed E-state index contributed by atoms with van der Waals surface area (Å²) < 4.78 is 48.5. The molecule has 1 aromatic rings. The van der Waals surface area contributed by atoms with E-state index in [2.05, 4.69) is 10.3 Å². The van der Waals surface area contributed by atoms with Crippen LogP contribution in [0, 0.1) is 5.92 Å². The second kappa shape index (κ2) is 9.83. The molecule has 26 heavy (non-hydrogen) atoms. The highest BCUT2D eigenvalue weighted by Gasteiger charge is 2.10. The second-order valence-corrected chi connectivity index (χ2v) is 7.05. The third kappa shape index (κ3) is 7.58. The Hall–Kier alpha value is -2.52. The van der Waals surface area contributed by atoms with Gasteiger partial charge in [0.2, 0.25) is 10.0 Å². The molecular weight excluding hydrogens is 362 g/mol. The lowest BCUT2D eigenvalue weighted by Crippen LogP contribution is -2.11. The zero-order chi connectivity index (χ0) is 19.7. The molecule has 0 aliphatic rings. The number of primary sulfonamides is 1. The van der Waals surface area contributed by atoms with Crippen molar-refractivity contribution in [2.45, 2.75) is 25.2 Å². The topological polar surface area (TPSA) is 111 Å². The summed E-state index contributed by atoms with van der Waals surface area (Å²) in [4.78, 5) is 3.75. The number of hydrogen-bond acceptors (Lipinski definition) is 5. The van der Waals surface area contributed by atoms with Gasteiger partial charge in [0.25, 0.3) is 6.43 Å². The van der Waals surface area contributed by atoms with Gasteiger partial charge in [0.15, 0.2) is 0 Å². The normalized spacial score (nSPS) is 15.2. The van der Waals surface area contributed by atoms with E-state index in [0.717, 1.165) is 11.8 Å². The van der Waals surface area contributed by atoms with Crippen molar-refractivity contribution in [2.24, 2.45) is 21.8 Å².